The lowest BCUT2D eigenvalue weighted by Crippen LogP contribution is -2.51. The minimum atomic E-state index is -1.37. The summed E-state index contributed by atoms with van der Waals surface area (Å²) in [6.07, 6.45) is 3.94. The fraction of sp³-hybridized carbons (Fsp3) is 0.147. The monoisotopic (exact) mass is 638 g/mol. The Morgan fingerprint density at radius 2 is 1.64 bits per heavy atom. The zero-order valence-electron chi connectivity index (χ0n) is 22.4. The number of carbonyl (C=O) groups excluding carboxylic acids is 3. The van der Waals surface area contributed by atoms with E-state index in [0.29, 0.717) is 37.6 Å². The molecule has 3 heterocycles. The van der Waals surface area contributed by atoms with Crippen molar-refractivity contribution in [3.63, 3.8) is 0 Å². The SMILES string of the molecule is COc1ccc(C(=O)[C@H]2[C@@H](C(=O)c3ccc(Cl)cc3)[C@]3(C(=O)Nc4ccccc43)[C@H]3C=Cc4ccccc4N23)cc1Br. The van der Waals surface area contributed by atoms with E-state index in [2.05, 4.69) is 21.2 Å². The van der Waals surface area contributed by atoms with Crippen molar-refractivity contribution in [3.05, 3.63) is 129 Å². The van der Waals surface area contributed by atoms with E-state index >= 15 is 0 Å². The van der Waals surface area contributed by atoms with Gasteiger partial charge in [0.2, 0.25) is 5.91 Å². The van der Waals surface area contributed by atoms with Gasteiger partial charge < -0.3 is 15.0 Å². The average Bonchev–Trinajstić information content (AvgIpc) is 3.49. The maximum absolute atomic E-state index is 14.8. The molecule has 1 spiro atoms. The summed E-state index contributed by atoms with van der Waals surface area (Å²) < 4.78 is 6.01. The number of Topliss-reactive ketones (excluding diaryl/α,β-unsaturated/α-hetero) is 2. The molecule has 0 aliphatic carbocycles. The van der Waals surface area contributed by atoms with E-state index in [9.17, 15) is 14.4 Å². The second kappa shape index (κ2) is 9.96. The average molecular weight is 640 g/mol. The molecule has 0 radical (unpaired) electrons. The van der Waals surface area contributed by atoms with Gasteiger partial charge in [0.15, 0.2) is 11.6 Å². The number of methoxy groups -OCH3 is 1. The van der Waals surface area contributed by atoms with E-state index in [1.807, 2.05) is 65.6 Å². The molecule has 6 nitrogen and oxygen atoms in total. The number of hydrogen-bond acceptors (Lipinski definition) is 5. The maximum Gasteiger partial charge on any atom is 0.238 e. The Balaban J connectivity index is 1.52. The molecular weight excluding hydrogens is 616 g/mol. The second-order valence-corrected chi connectivity index (χ2v) is 11.9. The van der Waals surface area contributed by atoms with Crippen molar-refractivity contribution >= 4 is 62.5 Å². The van der Waals surface area contributed by atoms with E-state index < -0.39 is 23.4 Å². The van der Waals surface area contributed by atoms with Crippen LogP contribution >= 0.6 is 27.5 Å². The van der Waals surface area contributed by atoms with Crippen molar-refractivity contribution in [2.45, 2.75) is 17.5 Å². The van der Waals surface area contributed by atoms with Gasteiger partial charge in [0.1, 0.15) is 17.2 Å². The van der Waals surface area contributed by atoms with Gasteiger partial charge in [-0.05, 0) is 81.7 Å². The summed E-state index contributed by atoms with van der Waals surface area (Å²) in [7, 11) is 1.56. The van der Waals surface area contributed by atoms with Crippen molar-refractivity contribution in [1.29, 1.82) is 0 Å². The van der Waals surface area contributed by atoms with Crippen molar-refractivity contribution in [2.24, 2.45) is 5.92 Å². The van der Waals surface area contributed by atoms with Gasteiger partial charge in [0, 0.05) is 27.5 Å². The first kappa shape index (κ1) is 26.7. The Labute approximate surface area is 256 Å². The smallest absolute Gasteiger partial charge is 0.238 e. The number of ketones is 2. The Hall–Kier alpha value is -4.20. The fourth-order valence-electron chi connectivity index (χ4n) is 6.90. The third-order valence-corrected chi connectivity index (χ3v) is 9.53. The summed E-state index contributed by atoms with van der Waals surface area (Å²) in [6, 6.07) is 25.3. The number of ether oxygens (including phenoxy) is 1. The van der Waals surface area contributed by atoms with Gasteiger partial charge in [-0.25, -0.2) is 0 Å². The molecule has 3 aliphatic rings. The number of benzene rings is 4. The van der Waals surface area contributed by atoms with Crippen LogP contribution in [0.15, 0.2) is 102 Å². The predicted octanol–water partition coefficient (Wildman–Crippen LogP) is 6.97. The lowest BCUT2D eigenvalue weighted by atomic mass is 9.64. The number of amides is 1. The molecule has 1 saturated heterocycles. The number of halogens is 2. The molecule has 7 rings (SSSR count). The highest BCUT2D eigenvalue weighted by molar-refractivity contribution is 9.10. The molecule has 1 amide bonds. The van der Waals surface area contributed by atoms with Crippen LogP contribution in [0.1, 0.15) is 31.8 Å². The molecule has 0 unspecified atom stereocenters. The molecule has 4 atom stereocenters. The molecule has 208 valence electrons. The highest BCUT2D eigenvalue weighted by atomic mass is 79.9. The maximum atomic E-state index is 14.8. The first-order valence-corrected chi connectivity index (χ1v) is 14.7. The van der Waals surface area contributed by atoms with E-state index in [1.54, 1.807) is 49.6 Å². The molecule has 3 aliphatic heterocycles. The first-order valence-electron chi connectivity index (χ1n) is 13.5. The molecular formula is C34H24BrClN2O4. The third-order valence-electron chi connectivity index (χ3n) is 8.66. The molecule has 1 fully saturated rings. The summed E-state index contributed by atoms with van der Waals surface area (Å²) in [5.41, 5.74) is 2.45. The van der Waals surface area contributed by atoms with Gasteiger partial charge >= 0.3 is 0 Å². The van der Waals surface area contributed by atoms with Gasteiger partial charge in [-0.3, -0.25) is 14.4 Å². The first-order chi connectivity index (χ1) is 20.4. The number of nitrogens with zero attached hydrogens (tertiary/aromatic N) is 1. The quantitative estimate of drug-likeness (QED) is 0.239. The number of para-hydroxylation sites is 2. The van der Waals surface area contributed by atoms with Crippen LogP contribution in [0, 0.1) is 5.92 Å². The summed E-state index contributed by atoms with van der Waals surface area (Å²) in [5.74, 6) is -1.35. The van der Waals surface area contributed by atoms with Crippen LogP contribution in [0.3, 0.4) is 0 Å². The summed E-state index contributed by atoms with van der Waals surface area (Å²) >= 11 is 9.69. The molecule has 1 N–H and O–H groups in total. The largest absolute Gasteiger partial charge is 0.496 e. The number of fused-ring (bicyclic) bond motifs is 6. The van der Waals surface area contributed by atoms with E-state index in [0.717, 1.165) is 11.3 Å². The zero-order chi connectivity index (χ0) is 29.2. The van der Waals surface area contributed by atoms with Crippen LogP contribution in [0.2, 0.25) is 5.02 Å². The summed E-state index contributed by atoms with van der Waals surface area (Å²) in [4.78, 5) is 45.9. The van der Waals surface area contributed by atoms with E-state index in [-0.39, 0.29) is 17.5 Å². The van der Waals surface area contributed by atoms with Gasteiger partial charge in [-0.1, -0.05) is 60.2 Å². The lowest BCUT2D eigenvalue weighted by Gasteiger charge is -2.37. The van der Waals surface area contributed by atoms with E-state index in [1.165, 1.54) is 0 Å². The summed E-state index contributed by atoms with van der Waals surface area (Å²) in [5, 5.41) is 3.54. The Kier molecular flexibility index (Phi) is 6.33. The van der Waals surface area contributed by atoms with Crippen LogP contribution in [0.4, 0.5) is 11.4 Å². The van der Waals surface area contributed by atoms with Gasteiger partial charge in [0.25, 0.3) is 0 Å². The third kappa shape index (κ3) is 3.73. The van der Waals surface area contributed by atoms with Gasteiger partial charge in [-0.2, -0.15) is 0 Å². The Bertz CT molecular complexity index is 1820. The van der Waals surface area contributed by atoms with Crippen LogP contribution in [-0.4, -0.2) is 36.7 Å². The zero-order valence-corrected chi connectivity index (χ0v) is 24.7. The van der Waals surface area contributed by atoms with Crippen molar-refractivity contribution in [1.82, 2.24) is 0 Å². The molecule has 8 heteroatoms. The molecule has 4 aromatic carbocycles. The van der Waals surface area contributed by atoms with Crippen molar-refractivity contribution in [2.75, 3.05) is 17.3 Å². The summed E-state index contributed by atoms with van der Waals surface area (Å²) in [6.45, 7) is 0. The molecule has 4 aromatic rings. The van der Waals surface area contributed by atoms with Crippen LogP contribution in [0.25, 0.3) is 6.08 Å². The van der Waals surface area contributed by atoms with Crippen molar-refractivity contribution in [3.8, 4) is 5.75 Å². The topological polar surface area (TPSA) is 75.7 Å². The predicted molar refractivity (Wildman–Crippen MR) is 167 cm³/mol. The fourth-order valence-corrected chi connectivity index (χ4v) is 7.57. The normalized spacial score (nSPS) is 23.3. The molecule has 0 aromatic heterocycles. The standard InChI is InChI=1S/C34H24BrClN2O4/c1-42-27-16-12-21(18-24(27)35)32(40)30-29(31(39)20-10-14-22(36)15-11-20)34(23-7-3-4-8-25(23)37-33(34)41)28-17-13-19-6-2-5-9-26(19)38(28)30/h2-18,28-30H,1H3,(H,37,41)/t28-,29+,30-,34-/m1/s1. The number of rotatable bonds is 5. The Morgan fingerprint density at radius 3 is 2.40 bits per heavy atom. The van der Waals surface area contributed by atoms with Crippen LogP contribution < -0.4 is 15.0 Å². The minimum Gasteiger partial charge on any atom is -0.496 e. The number of nitrogens with one attached hydrogen (secondary N) is 1. The lowest BCUT2D eigenvalue weighted by molar-refractivity contribution is -0.121. The highest BCUT2D eigenvalue weighted by Crippen LogP contribution is 2.58. The number of anilines is 2. The minimum absolute atomic E-state index is 0.269. The number of hydrogen-bond donors (Lipinski definition) is 1. The van der Waals surface area contributed by atoms with Crippen LogP contribution in [-0.2, 0) is 10.2 Å². The molecule has 0 bridgehead atoms. The van der Waals surface area contributed by atoms with Crippen molar-refractivity contribution < 1.29 is 19.1 Å². The van der Waals surface area contributed by atoms with E-state index in [4.69, 9.17) is 16.3 Å². The van der Waals surface area contributed by atoms with Gasteiger partial charge in [0.05, 0.1) is 23.5 Å². The van der Waals surface area contributed by atoms with Gasteiger partial charge in [-0.15, -0.1) is 0 Å². The molecule has 42 heavy (non-hydrogen) atoms. The highest BCUT2D eigenvalue weighted by Gasteiger charge is 2.70. The number of carbonyl (C=O) groups is 3. The van der Waals surface area contributed by atoms with Crippen LogP contribution in [0.5, 0.6) is 5.75 Å². The Morgan fingerprint density at radius 1 is 0.929 bits per heavy atom. The second-order valence-electron chi connectivity index (χ2n) is 10.6. The molecule has 0 saturated carbocycles.